The average molecular weight is 327 g/mol. The van der Waals surface area contributed by atoms with Crippen LogP contribution in [0.15, 0.2) is 47.5 Å². The maximum Gasteiger partial charge on any atom is 0.178 e. The minimum atomic E-state index is -0.330. The summed E-state index contributed by atoms with van der Waals surface area (Å²) in [6.45, 7) is 1.89. The van der Waals surface area contributed by atoms with E-state index in [1.165, 1.54) is 12.1 Å². The highest BCUT2D eigenvalue weighted by Crippen LogP contribution is 2.37. The van der Waals surface area contributed by atoms with E-state index in [1.54, 1.807) is 12.1 Å². The maximum atomic E-state index is 13.8. The van der Waals surface area contributed by atoms with Crippen LogP contribution < -0.4 is 5.32 Å². The first-order chi connectivity index (χ1) is 11.1. The Bertz CT molecular complexity index is 946. The van der Waals surface area contributed by atoms with Crippen LogP contribution in [0.3, 0.4) is 0 Å². The van der Waals surface area contributed by atoms with Crippen molar-refractivity contribution in [2.24, 2.45) is 4.99 Å². The van der Waals surface area contributed by atoms with E-state index in [4.69, 9.17) is 16.6 Å². The quantitative estimate of drug-likeness (QED) is 0.531. The fourth-order valence-corrected chi connectivity index (χ4v) is 2.85. The Morgan fingerprint density at radius 3 is 2.74 bits per heavy atom. The van der Waals surface area contributed by atoms with Gasteiger partial charge in [-0.05, 0) is 31.2 Å². The number of hydrogen-bond acceptors (Lipinski definition) is 3. The molecule has 0 saturated carbocycles. The van der Waals surface area contributed by atoms with Crippen LogP contribution in [0.4, 0.5) is 21.6 Å². The molecule has 0 saturated heterocycles. The summed E-state index contributed by atoms with van der Waals surface area (Å²) < 4.78 is 13.8. The van der Waals surface area contributed by atoms with Gasteiger partial charge in [0.2, 0.25) is 0 Å². The molecule has 23 heavy (non-hydrogen) atoms. The number of aromatic amines is 1. The first-order valence-electron chi connectivity index (χ1n) is 7.09. The molecule has 2 heterocycles. The molecule has 4 nitrogen and oxygen atoms in total. The molecule has 0 fully saturated rings. The standard InChI is InChI=1S/C17H12ClFN4/c1-9-15-17(23-22-9)20-14-7-6-10(19)8-12(14)16(21-15)11-4-2-3-5-13(11)18/h2-8H,1H3,(H2,20,22,23). The van der Waals surface area contributed by atoms with Crippen LogP contribution in [-0.4, -0.2) is 15.9 Å². The minimum Gasteiger partial charge on any atom is -0.336 e. The molecule has 6 heteroatoms. The Balaban J connectivity index is 2.05. The highest BCUT2D eigenvalue weighted by molar-refractivity contribution is 6.36. The van der Waals surface area contributed by atoms with Gasteiger partial charge in [0.15, 0.2) is 5.82 Å². The summed E-state index contributed by atoms with van der Waals surface area (Å²) in [6.07, 6.45) is 0. The average Bonchev–Trinajstić information content (AvgIpc) is 2.79. The largest absolute Gasteiger partial charge is 0.336 e. The second kappa shape index (κ2) is 5.21. The van der Waals surface area contributed by atoms with Gasteiger partial charge < -0.3 is 5.32 Å². The van der Waals surface area contributed by atoms with E-state index in [1.807, 2.05) is 25.1 Å². The summed E-state index contributed by atoms with van der Waals surface area (Å²) in [6, 6.07) is 11.9. The van der Waals surface area contributed by atoms with Gasteiger partial charge >= 0.3 is 0 Å². The van der Waals surface area contributed by atoms with Crippen LogP contribution in [0.1, 0.15) is 16.8 Å². The van der Waals surface area contributed by atoms with Crippen molar-refractivity contribution < 1.29 is 4.39 Å². The number of anilines is 2. The Labute approximate surface area is 137 Å². The zero-order chi connectivity index (χ0) is 16.0. The Hall–Kier alpha value is -2.66. The highest BCUT2D eigenvalue weighted by atomic mass is 35.5. The van der Waals surface area contributed by atoms with Gasteiger partial charge in [-0.1, -0.05) is 29.8 Å². The molecule has 1 aliphatic heterocycles. The summed E-state index contributed by atoms with van der Waals surface area (Å²) in [5.74, 6) is 0.278. The number of halogens is 2. The van der Waals surface area contributed by atoms with Crippen molar-refractivity contribution in [3.05, 3.63) is 70.1 Å². The lowest BCUT2D eigenvalue weighted by atomic mass is 10.0. The lowest BCUT2D eigenvalue weighted by Gasteiger charge is -2.11. The first kappa shape index (κ1) is 14.0. The second-order valence-electron chi connectivity index (χ2n) is 5.30. The van der Waals surface area contributed by atoms with Gasteiger partial charge in [-0.2, -0.15) is 5.10 Å². The normalized spacial score (nSPS) is 12.7. The van der Waals surface area contributed by atoms with E-state index in [-0.39, 0.29) is 5.82 Å². The van der Waals surface area contributed by atoms with Crippen LogP contribution in [-0.2, 0) is 0 Å². The number of aliphatic imine (C=N–C) groups is 1. The molecule has 114 valence electrons. The molecule has 2 N–H and O–H groups in total. The molecule has 0 spiro atoms. The molecule has 0 radical (unpaired) electrons. The molecule has 1 aromatic heterocycles. The molecule has 0 unspecified atom stereocenters. The highest BCUT2D eigenvalue weighted by Gasteiger charge is 2.22. The summed E-state index contributed by atoms with van der Waals surface area (Å²) >= 11 is 6.34. The van der Waals surface area contributed by atoms with E-state index in [0.717, 1.165) is 16.9 Å². The molecule has 1 aliphatic rings. The van der Waals surface area contributed by atoms with E-state index < -0.39 is 0 Å². The zero-order valence-electron chi connectivity index (χ0n) is 12.2. The van der Waals surface area contributed by atoms with E-state index in [0.29, 0.717) is 27.8 Å². The van der Waals surface area contributed by atoms with Gasteiger partial charge in [0.05, 0.1) is 11.4 Å². The number of aryl methyl sites for hydroxylation is 1. The van der Waals surface area contributed by atoms with Crippen molar-refractivity contribution >= 4 is 34.5 Å². The summed E-state index contributed by atoms with van der Waals surface area (Å²) in [5.41, 5.74) is 4.25. The third-order valence-electron chi connectivity index (χ3n) is 3.76. The van der Waals surface area contributed by atoms with Crippen molar-refractivity contribution in [1.82, 2.24) is 10.2 Å². The van der Waals surface area contributed by atoms with Crippen molar-refractivity contribution in [2.45, 2.75) is 6.92 Å². The molecule has 2 aromatic carbocycles. The van der Waals surface area contributed by atoms with Gasteiger partial charge in [0.25, 0.3) is 0 Å². The molecule has 0 atom stereocenters. The zero-order valence-corrected chi connectivity index (χ0v) is 12.9. The van der Waals surface area contributed by atoms with Crippen molar-refractivity contribution in [3.63, 3.8) is 0 Å². The summed E-state index contributed by atoms with van der Waals surface area (Å²) in [5, 5.41) is 10.9. The number of aromatic nitrogens is 2. The Kier molecular flexibility index (Phi) is 3.16. The smallest absolute Gasteiger partial charge is 0.178 e. The number of hydrogen-bond donors (Lipinski definition) is 2. The van der Waals surface area contributed by atoms with E-state index in [9.17, 15) is 4.39 Å². The summed E-state index contributed by atoms with van der Waals surface area (Å²) in [7, 11) is 0. The lowest BCUT2D eigenvalue weighted by Crippen LogP contribution is -2.06. The number of nitrogens with one attached hydrogen (secondary N) is 2. The molecule has 4 rings (SSSR count). The maximum absolute atomic E-state index is 13.8. The van der Waals surface area contributed by atoms with E-state index in [2.05, 4.69) is 15.5 Å². The van der Waals surface area contributed by atoms with Crippen molar-refractivity contribution in [3.8, 4) is 0 Å². The van der Waals surface area contributed by atoms with Gasteiger partial charge in [0, 0.05) is 21.8 Å². The number of nitrogens with zero attached hydrogens (tertiary/aromatic N) is 2. The monoisotopic (exact) mass is 326 g/mol. The third-order valence-corrected chi connectivity index (χ3v) is 4.09. The van der Waals surface area contributed by atoms with Gasteiger partial charge in [-0.25, -0.2) is 9.38 Å². The predicted molar refractivity (Wildman–Crippen MR) is 89.8 cm³/mol. The molecule has 0 bridgehead atoms. The number of H-pyrrole nitrogens is 1. The molecule has 0 aliphatic carbocycles. The SMILES string of the molecule is Cc1[nH]nc2c1N=C(c1ccccc1Cl)c1cc(F)ccc1N2. The van der Waals surface area contributed by atoms with Crippen LogP contribution in [0.25, 0.3) is 0 Å². The fourth-order valence-electron chi connectivity index (χ4n) is 2.63. The Morgan fingerprint density at radius 2 is 1.91 bits per heavy atom. The second-order valence-corrected chi connectivity index (χ2v) is 5.71. The Morgan fingerprint density at radius 1 is 1.09 bits per heavy atom. The first-order valence-corrected chi connectivity index (χ1v) is 7.47. The van der Waals surface area contributed by atoms with Gasteiger partial charge in [0.1, 0.15) is 11.5 Å². The molecule has 3 aromatic rings. The van der Waals surface area contributed by atoms with E-state index >= 15 is 0 Å². The minimum absolute atomic E-state index is 0.330. The van der Waals surface area contributed by atoms with Crippen LogP contribution >= 0.6 is 11.6 Å². The van der Waals surface area contributed by atoms with Crippen molar-refractivity contribution in [1.29, 1.82) is 0 Å². The van der Waals surface area contributed by atoms with Crippen molar-refractivity contribution in [2.75, 3.05) is 5.32 Å². The lowest BCUT2D eigenvalue weighted by molar-refractivity contribution is 0.628. The number of benzene rings is 2. The van der Waals surface area contributed by atoms with Crippen LogP contribution in [0, 0.1) is 12.7 Å². The van der Waals surface area contributed by atoms with Crippen LogP contribution in [0.5, 0.6) is 0 Å². The number of fused-ring (bicyclic) bond motifs is 2. The summed E-state index contributed by atoms with van der Waals surface area (Å²) in [4.78, 5) is 4.72. The number of rotatable bonds is 1. The fraction of sp³-hybridized carbons (Fsp3) is 0.0588. The third kappa shape index (κ3) is 2.29. The van der Waals surface area contributed by atoms with Gasteiger partial charge in [-0.15, -0.1) is 0 Å². The topological polar surface area (TPSA) is 53.1 Å². The molecular formula is C17H12ClFN4. The molecular weight excluding hydrogens is 315 g/mol. The predicted octanol–water partition coefficient (Wildman–Crippen LogP) is 4.74. The van der Waals surface area contributed by atoms with Gasteiger partial charge in [-0.3, -0.25) is 5.10 Å². The molecule has 0 amide bonds. The van der Waals surface area contributed by atoms with Crippen LogP contribution in [0.2, 0.25) is 5.02 Å².